The summed E-state index contributed by atoms with van der Waals surface area (Å²) in [5, 5.41) is 0. The molecule has 0 heterocycles. The van der Waals surface area contributed by atoms with Crippen molar-refractivity contribution in [3.05, 3.63) is 28.2 Å². The Morgan fingerprint density at radius 3 is 2.41 bits per heavy atom. The molecule has 0 bridgehead atoms. The second kappa shape index (κ2) is 7.02. The monoisotopic (exact) mass is 298 g/mol. The van der Waals surface area contributed by atoms with Crippen molar-refractivity contribution in [3.63, 3.8) is 0 Å². The first kappa shape index (κ1) is 14.5. The average Bonchev–Trinajstić information content (AvgIpc) is 2.31. The fourth-order valence-electron chi connectivity index (χ4n) is 2.19. The average molecular weight is 299 g/mol. The Balaban J connectivity index is 2.90. The number of hydrogen-bond donors (Lipinski definition) is 1. The molecule has 0 atom stereocenters. The van der Waals surface area contributed by atoms with Gasteiger partial charge >= 0.3 is 0 Å². The van der Waals surface area contributed by atoms with Crippen molar-refractivity contribution < 1.29 is 0 Å². The smallest absolute Gasteiger partial charge is 0.0510 e. The van der Waals surface area contributed by atoms with Crippen LogP contribution >= 0.6 is 15.9 Å². The molecule has 0 saturated carbocycles. The maximum Gasteiger partial charge on any atom is 0.0510 e. The zero-order valence-corrected chi connectivity index (χ0v) is 12.6. The minimum atomic E-state index is 0.603. The summed E-state index contributed by atoms with van der Waals surface area (Å²) in [4.78, 5) is 2.36. The van der Waals surface area contributed by atoms with Crippen LogP contribution in [0, 0.1) is 0 Å². The van der Waals surface area contributed by atoms with Gasteiger partial charge in [0.1, 0.15) is 0 Å². The molecule has 17 heavy (non-hydrogen) atoms. The van der Waals surface area contributed by atoms with E-state index >= 15 is 0 Å². The van der Waals surface area contributed by atoms with E-state index in [9.17, 15) is 0 Å². The normalized spacial score (nSPS) is 10.9. The first-order valence-corrected chi connectivity index (χ1v) is 7.14. The number of halogens is 1. The predicted octanol–water partition coefficient (Wildman–Crippen LogP) is 3.58. The van der Waals surface area contributed by atoms with Crippen molar-refractivity contribution in [2.24, 2.45) is 5.73 Å². The van der Waals surface area contributed by atoms with E-state index in [2.05, 4.69) is 59.9 Å². The number of benzene rings is 1. The van der Waals surface area contributed by atoms with E-state index in [1.807, 2.05) is 0 Å². The predicted molar refractivity (Wildman–Crippen MR) is 79.7 cm³/mol. The van der Waals surface area contributed by atoms with Crippen molar-refractivity contribution >= 4 is 21.6 Å². The highest BCUT2D eigenvalue weighted by Crippen LogP contribution is 2.29. The molecule has 1 aromatic carbocycles. The summed E-state index contributed by atoms with van der Waals surface area (Å²) in [7, 11) is 2.17. The van der Waals surface area contributed by atoms with E-state index in [0.29, 0.717) is 12.6 Å². The first-order valence-electron chi connectivity index (χ1n) is 6.35. The number of nitrogens with two attached hydrogens (primary N) is 1. The van der Waals surface area contributed by atoms with Crippen LogP contribution in [0.3, 0.4) is 0 Å². The molecule has 96 valence electrons. The molecule has 3 heteroatoms. The molecule has 0 aromatic heterocycles. The van der Waals surface area contributed by atoms with Gasteiger partial charge in [0.25, 0.3) is 0 Å². The van der Waals surface area contributed by atoms with E-state index in [-0.39, 0.29) is 0 Å². The fourth-order valence-corrected chi connectivity index (χ4v) is 2.90. The zero-order chi connectivity index (χ0) is 12.8. The van der Waals surface area contributed by atoms with Gasteiger partial charge in [-0.2, -0.15) is 0 Å². The molecule has 0 saturated heterocycles. The Bertz CT molecular complexity index is 348. The van der Waals surface area contributed by atoms with Crippen molar-refractivity contribution in [3.8, 4) is 0 Å². The van der Waals surface area contributed by atoms with E-state index in [1.165, 1.54) is 24.1 Å². The van der Waals surface area contributed by atoms with Crippen LogP contribution in [-0.2, 0) is 6.42 Å². The number of nitrogens with zero attached hydrogens (tertiary/aromatic N) is 1. The van der Waals surface area contributed by atoms with Gasteiger partial charge < -0.3 is 10.6 Å². The van der Waals surface area contributed by atoms with Crippen LogP contribution in [0.1, 0.15) is 32.3 Å². The van der Waals surface area contributed by atoms with Gasteiger partial charge in [-0.05, 0) is 59.4 Å². The van der Waals surface area contributed by atoms with Gasteiger partial charge in [0.05, 0.1) is 5.69 Å². The van der Waals surface area contributed by atoms with Crippen LogP contribution in [0.2, 0.25) is 0 Å². The molecular weight excluding hydrogens is 276 g/mol. The number of hydrogen-bond acceptors (Lipinski definition) is 2. The Morgan fingerprint density at radius 2 is 1.94 bits per heavy atom. The summed E-state index contributed by atoms with van der Waals surface area (Å²) in [6.07, 6.45) is 3.28. The highest BCUT2D eigenvalue weighted by Gasteiger charge is 2.13. The summed E-state index contributed by atoms with van der Waals surface area (Å²) in [5.74, 6) is 0. The van der Waals surface area contributed by atoms with Gasteiger partial charge in [0.2, 0.25) is 0 Å². The number of rotatable bonds is 6. The molecule has 2 N–H and O–H groups in total. The SMILES string of the molecule is CCC(CC)N(C)c1ccc(CCN)cc1Br. The van der Waals surface area contributed by atoms with Crippen LogP contribution in [0.4, 0.5) is 5.69 Å². The van der Waals surface area contributed by atoms with E-state index in [1.54, 1.807) is 0 Å². The van der Waals surface area contributed by atoms with Crippen LogP contribution in [0.15, 0.2) is 22.7 Å². The third-order valence-electron chi connectivity index (χ3n) is 3.32. The van der Waals surface area contributed by atoms with Crippen LogP contribution in [0.25, 0.3) is 0 Å². The lowest BCUT2D eigenvalue weighted by atomic mass is 10.1. The molecule has 1 rings (SSSR count). The molecule has 0 spiro atoms. The van der Waals surface area contributed by atoms with Gasteiger partial charge in [0.15, 0.2) is 0 Å². The highest BCUT2D eigenvalue weighted by molar-refractivity contribution is 9.10. The molecule has 0 aliphatic rings. The number of anilines is 1. The first-order chi connectivity index (χ1) is 8.13. The lowest BCUT2D eigenvalue weighted by molar-refractivity contribution is 0.591. The molecule has 0 unspecified atom stereocenters. The quantitative estimate of drug-likeness (QED) is 0.870. The van der Waals surface area contributed by atoms with E-state index in [4.69, 9.17) is 5.73 Å². The lowest BCUT2D eigenvalue weighted by Gasteiger charge is -2.29. The Kier molecular flexibility index (Phi) is 6.00. The van der Waals surface area contributed by atoms with E-state index < -0.39 is 0 Å². The van der Waals surface area contributed by atoms with Crippen LogP contribution in [0.5, 0.6) is 0 Å². The van der Waals surface area contributed by atoms with Crippen LogP contribution in [-0.4, -0.2) is 19.6 Å². The Labute approximate surface area is 113 Å². The van der Waals surface area contributed by atoms with Gasteiger partial charge in [-0.1, -0.05) is 19.9 Å². The third-order valence-corrected chi connectivity index (χ3v) is 3.95. The molecule has 0 aliphatic carbocycles. The van der Waals surface area contributed by atoms with Gasteiger partial charge in [-0.3, -0.25) is 0 Å². The molecule has 2 nitrogen and oxygen atoms in total. The maximum atomic E-state index is 5.57. The maximum absolute atomic E-state index is 5.57. The molecular formula is C14H23BrN2. The van der Waals surface area contributed by atoms with Gasteiger partial charge in [0, 0.05) is 17.6 Å². The molecule has 1 aromatic rings. The molecule has 0 fully saturated rings. The minimum Gasteiger partial charge on any atom is -0.371 e. The van der Waals surface area contributed by atoms with Crippen molar-refractivity contribution in [2.75, 3.05) is 18.5 Å². The molecule has 0 aliphatic heterocycles. The summed E-state index contributed by atoms with van der Waals surface area (Å²) in [5.41, 5.74) is 8.13. The van der Waals surface area contributed by atoms with Gasteiger partial charge in [-0.25, -0.2) is 0 Å². The Morgan fingerprint density at radius 1 is 1.29 bits per heavy atom. The van der Waals surface area contributed by atoms with Crippen molar-refractivity contribution in [1.29, 1.82) is 0 Å². The minimum absolute atomic E-state index is 0.603. The van der Waals surface area contributed by atoms with Gasteiger partial charge in [-0.15, -0.1) is 0 Å². The summed E-state index contributed by atoms with van der Waals surface area (Å²) < 4.78 is 1.16. The van der Waals surface area contributed by atoms with Crippen molar-refractivity contribution in [1.82, 2.24) is 0 Å². The largest absolute Gasteiger partial charge is 0.371 e. The standard InChI is InChI=1S/C14H23BrN2/c1-4-12(5-2)17(3)14-7-6-11(8-9-16)10-13(14)15/h6-7,10,12H,4-5,8-9,16H2,1-3H3. The summed E-state index contributed by atoms with van der Waals surface area (Å²) in [6, 6.07) is 7.15. The van der Waals surface area contributed by atoms with E-state index in [0.717, 1.165) is 10.9 Å². The zero-order valence-electron chi connectivity index (χ0n) is 11.0. The molecule has 0 amide bonds. The summed E-state index contributed by atoms with van der Waals surface area (Å²) >= 11 is 3.66. The summed E-state index contributed by atoms with van der Waals surface area (Å²) in [6.45, 7) is 5.18. The molecule has 0 radical (unpaired) electrons. The van der Waals surface area contributed by atoms with Crippen molar-refractivity contribution in [2.45, 2.75) is 39.2 Å². The lowest BCUT2D eigenvalue weighted by Crippen LogP contribution is -2.30. The second-order valence-corrected chi connectivity index (χ2v) is 5.26. The van der Waals surface area contributed by atoms with Crippen LogP contribution < -0.4 is 10.6 Å². The second-order valence-electron chi connectivity index (χ2n) is 4.41. The topological polar surface area (TPSA) is 29.3 Å². The third kappa shape index (κ3) is 3.71. The fraction of sp³-hybridized carbons (Fsp3) is 0.571. The highest BCUT2D eigenvalue weighted by atomic mass is 79.9. The Hall–Kier alpha value is -0.540.